The molecule has 0 aromatic carbocycles. The van der Waals surface area contributed by atoms with Gasteiger partial charge in [0.2, 0.25) is 0 Å². The Labute approximate surface area is 43.7 Å². The number of nitrogens with zero attached hydrogens (tertiary/aromatic N) is 2. The molecule has 2 heteroatoms. The highest BCUT2D eigenvalue weighted by Gasteiger charge is 2.26. The molecule has 0 saturated carbocycles. The van der Waals surface area contributed by atoms with Gasteiger partial charge >= 0.3 is 0 Å². The molecule has 0 aromatic rings. The third kappa shape index (κ3) is 0.469. The smallest absolute Gasteiger partial charge is 0.0530 e. The van der Waals surface area contributed by atoms with Crippen molar-refractivity contribution >= 4 is 0 Å². The van der Waals surface area contributed by atoms with E-state index in [0.717, 1.165) is 0 Å². The van der Waals surface area contributed by atoms with E-state index in [2.05, 4.69) is 9.80 Å². The van der Waals surface area contributed by atoms with Crippen molar-refractivity contribution in [1.29, 1.82) is 0 Å². The summed E-state index contributed by atoms with van der Waals surface area (Å²) in [5.41, 5.74) is 0. The van der Waals surface area contributed by atoms with Gasteiger partial charge in [-0.25, -0.2) is 0 Å². The molecule has 2 nitrogen and oxygen atoms in total. The SMILES string of the molecule is C1CN2CN(C1)C2. The minimum absolute atomic E-state index is 1.25. The Bertz CT molecular complexity index is 62.6. The van der Waals surface area contributed by atoms with E-state index in [1.54, 1.807) is 0 Å². The van der Waals surface area contributed by atoms with Crippen molar-refractivity contribution in [1.82, 2.24) is 9.80 Å². The van der Waals surface area contributed by atoms with Crippen LogP contribution < -0.4 is 0 Å². The minimum Gasteiger partial charge on any atom is -0.277 e. The Morgan fingerprint density at radius 2 is 1.43 bits per heavy atom. The molecule has 3 heterocycles. The summed E-state index contributed by atoms with van der Waals surface area (Å²) in [6, 6.07) is 0. The molecule has 0 radical (unpaired) electrons. The fraction of sp³-hybridized carbons (Fsp3) is 1.00. The van der Waals surface area contributed by atoms with Gasteiger partial charge in [-0.1, -0.05) is 0 Å². The highest BCUT2D eigenvalue weighted by molar-refractivity contribution is 4.75. The third-order valence-corrected chi connectivity index (χ3v) is 1.75. The lowest BCUT2D eigenvalue weighted by atomic mass is 10.2. The van der Waals surface area contributed by atoms with Crippen molar-refractivity contribution in [3.63, 3.8) is 0 Å². The molecular weight excluding hydrogens is 88.1 g/mol. The van der Waals surface area contributed by atoms with E-state index in [4.69, 9.17) is 0 Å². The molecule has 0 unspecified atom stereocenters. The maximum absolute atomic E-state index is 2.46. The van der Waals surface area contributed by atoms with E-state index in [0.29, 0.717) is 0 Å². The lowest BCUT2D eigenvalue weighted by molar-refractivity contribution is -0.0669. The van der Waals surface area contributed by atoms with E-state index in [1.807, 2.05) is 0 Å². The van der Waals surface area contributed by atoms with Crippen LogP contribution in [0, 0.1) is 0 Å². The average Bonchev–Trinajstić information content (AvgIpc) is 1.67. The Balaban J connectivity index is 1.99. The van der Waals surface area contributed by atoms with Gasteiger partial charge in [0, 0.05) is 13.1 Å². The molecule has 0 amide bonds. The molecule has 3 saturated heterocycles. The summed E-state index contributed by atoms with van der Waals surface area (Å²) in [6.07, 6.45) is 1.39. The van der Waals surface area contributed by atoms with Crippen LogP contribution in [0.4, 0.5) is 0 Å². The van der Waals surface area contributed by atoms with E-state index in [1.165, 1.54) is 32.8 Å². The standard InChI is InChI=1S/C5H10N2/c1-2-6-4-7(3-1)5-6/h1-5H2. The fourth-order valence-corrected chi connectivity index (χ4v) is 1.33. The maximum Gasteiger partial charge on any atom is 0.0530 e. The molecule has 2 bridgehead atoms. The molecule has 0 atom stereocenters. The monoisotopic (exact) mass is 98.1 g/mol. The molecule has 3 aliphatic rings. The average molecular weight is 98.1 g/mol. The summed E-state index contributed by atoms with van der Waals surface area (Å²) in [6.45, 7) is 5.19. The highest BCUT2D eigenvalue weighted by Crippen LogP contribution is 2.14. The molecule has 3 aliphatic heterocycles. The van der Waals surface area contributed by atoms with E-state index in [9.17, 15) is 0 Å². The Hall–Kier alpha value is -0.0800. The summed E-state index contributed by atoms with van der Waals surface area (Å²) in [4.78, 5) is 4.92. The fourth-order valence-electron chi connectivity index (χ4n) is 1.33. The van der Waals surface area contributed by atoms with Crippen LogP contribution in [0.5, 0.6) is 0 Å². The largest absolute Gasteiger partial charge is 0.277 e. The van der Waals surface area contributed by atoms with Crippen molar-refractivity contribution < 1.29 is 0 Å². The first-order chi connectivity index (χ1) is 3.45. The van der Waals surface area contributed by atoms with Crippen molar-refractivity contribution in [3.05, 3.63) is 0 Å². The van der Waals surface area contributed by atoms with Gasteiger partial charge in [-0.2, -0.15) is 0 Å². The van der Waals surface area contributed by atoms with Crippen molar-refractivity contribution in [2.45, 2.75) is 6.42 Å². The Morgan fingerprint density at radius 3 is 1.57 bits per heavy atom. The zero-order chi connectivity index (χ0) is 4.69. The van der Waals surface area contributed by atoms with Crippen LogP contribution in [0.25, 0.3) is 0 Å². The van der Waals surface area contributed by atoms with Gasteiger partial charge in [-0.15, -0.1) is 0 Å². The predicted octanol–water partition coefficient (Wildman–Crippen LogP) is -0.0773. The highest BCUT2D eigenvalue weighted by atomic mass is 15.5. The van der Waals surface area contributed by atoms with Crippen LogP contribution in [0.3, 0.4) is 0 Å². The van der Waals surface area contributed by atoms with E-state index >= 15 is 0 Å². The zero-order valence-electron chi connectivity index (χ0n) is 4.43. The molecular formula is C5H10N2. The third-order valence-electron chi connectivity index (χ3n) is 1.75. The predicted molar refractivity (Wildman–Crippen MR) is 27.8 cm³/mol. The van der Waals surface area contributed by atoms with Crippen LogP contribution >= 0.6 is 0 Å². The van der Waals surface area contributed by atoms with Gasteiger partial charge in [0.25, 0.3) is 0 Å². The van der Waals surface area contributed by atoms with E-state index in [-0.39, 0.29) is 0 Å². The molecule has 0 N–H and O–H groups in total. The number of hydrogen-bond acceptors (Lipinski definition) is 2. The van der Waals surface area contributed by atoms with Crippen LogP contribution in [-0.2, 0) is 0 Å². The normalized spacial score (nSPS) is 48.0. The van der Waals surface area contributed by atoms with Gasteiger partial charge in [0.15, 0.2) is 0 Å². The molecule has 0 aromatic heterocycles. The first-order valence-corrected chi connectivity index (χ1v) is 2.90. The van der Waals surface area contributed by atoms with Crippen LogP contribution in [0.2, 0.25) is 0 Å². The molecule has 0 spiro atoms. The summed E-state index contributed by atoms with van der Waals surface area (Å²) in [5.74, 6) is 0. The van der Waals surface area contributed by atoms with Gasteiger partial charge in [0.1, 0.15) is 0 Å². The Morgan fingerprint density at radius 1 is 0.857 bits per heavy atom. The van der Waals surface area contributed by atoms with Crippen molar-refractivity contribution in [3.8, 4) is 0 Å². The van der Waals surface area contributed by atoms with E-state index < -0.39 is 0 Å². The van der Waals surface area contributed by atoms with Crippen LogP contribution in [-0.4, -0.2) is 36.2 Å². The molecule has 40 valence electrons. The topological polar surface area (TPSA) is 6.48 Å². The zero-order valence-corrected chi connectivity index (χ0v) is 4.43. The van der Waals surface area contributed by atoms with Gasteiger partial charge in [-0.3, -0.25) is 9.80 Å². The minimum atomic E-state index is 1.25. The van der Waals surface area contributed by atoms with Gasteiger partial charge in [0.05, 0.1) is 13.3 Å². The lowest BCUT2D eigenvalue weighted by Crippen LogP contribution is -2.59. The summed E-state index contributed by atoms with van der Waals surface area (Å²) in [5, 5.41) is 0. The first-order valence-electron chi connectivity index (χ1n) is 2.90. The number of hydrogen-bond donors (Lipinski definition) is 0. The number of fused-ring (bicyclic) bond motifs is 2. The van der Waals surface area contributed by atoms with Crippen LogP contribution in [0.15, 0.2) is 0 Å². The molecule has 0 aliphatic carbocycles. The molecule has 7 heavy (non-hydrogen) atoms. The second-order valence-electron chi connectivity index (χ2n) is 2.43. The molecule has 3 fully saturated rings. The van der Waals surface area contributed by atoms with Gasteiger partial charge in [-0.05, 0) is 6.42 Å². The number of rotatable bonds is 0. The van der Waals surface area contributed by atoms with Crippen molar-refractivity contribution in [2.24, 2.45) is 0 Å². The van der Waals surface area contributed by atoms with Crippen LogP contribution in [0.1, 0.15) is 6.42 Å². The molecule has 3 rings (SSSR count). The van der Waals surface area contributed by atoms with Gasteiger partial charge < -0.3 is 0 Å². The summed E-state index contributed by atoms with van der Waals surface area (Å²) in [7, 11) is 0. The second kappa shape index (κ2) is 1.20. The summed E-state index contributed by atoms with van der Waals surface area (Å²) >= 11 is 0. The maximum atomic E-state index is 2.46. The first kappa shape index (κ1) is 3.87. The second-order valence-corrected chi connectivity index (χ2v) is 2.43. The van der Waals surface area contributed by atoms with Crippen molar-refractivity contribution in [2.75, 3.05) is 26.4 Å². The lowest BCUT2D eigenvalue weighted by Gasteiger charge is -2.47. The summed E-state index contributed by atoms with van der Waals surface area (Å²) < 4.78 is 0. The Kier molecular flexibility index (Phi) is 0.664. The quantitative estimate of drug-likeness (QED) is 0.418.